The molecule has 0 atom stereocenters. The molecular weight excluding hydrogens is 221 g/mol. The molecule has 5 heteroatoms. The largest absolute Gasteiger partial charge is 0.478 e. The van der Waals surface area contributed by atoms with Crippen LogP contribution in [0.4, 0.5) is 13.2 Å². The molecule has 0 amide bonds. The summed E-state index contributed by atoms with van der Waals surface area (Å²) < 4.78 is 37.1. The van der Waals surface area contributed by atoms with Crippen molar-refractivity contribution < 1.29 is 23.1 Å². The number of halogens is 3. The molecule has 16 heavy (non-hydrogen) atoms. The summed E-state index contributed by atoms with van der Waals surface area (Å²) in [4.78, 5) is 10.8. The van der Waals surface area contributed by atoms with Gasteiger partial charge in [-0.25, -0.2) is 4.79 Å². The number of rotatable bonds is 2. The zero-order chi connectivity index (χ0) is 12.3. The van der Waals surface area contributed by atoms with E-state index in [0.717, 1.165) is 0 Å². The maximum atomic E-state index is 12.4. The quantitative estimate of drug-likeness (QED) is 0.745. The highest BCUT2D eigenvalue weighted by Gasteiger charge is 2.40. The van der Waals surface area contributed by atoms with Gasteiger partial charge in [0.1, 0.15) is 0 Å². The third kappa shape index (κ3) is 3.00. The summed E-state index contributed by atoms with van der Waals surface area (Å²) in [7, 11) is 0. The SMILES string of the molecule is CCC(C(=O)O)=C1CCC(C(F)(F)F)CC1. The summed E-state index contributed by atoms with van der Waals surface area (Å²) in [6.45, 7) is 1.71. The van der Waals surface area contributed by atoms with Crippen LogP contribution in [-0.2, 0) is 4.79 Å². The zero-order valence-electron chi connectivity index (χ0n) is 9.10. The van der Waals surface area contributed by atoms with Crippen LogP contribution in [0.5, 0.6) is 0 Å². The van der Waals surface area contributed by atoms with E-state index in [1.54, 1.807) is 6.92 Å². The third-order valence-corrected chi connectivity index (χ3v) is 3.09. The van der Waals surface area contributed by atoms with E-state index < -0.39 is 18.1 Å². The molecule has 0 aromatic carbocycles. The van der Waals surface area contributed by atoms with Crippen LogP contribution in [0.15, 0.2) is 11.1 Å². The lowest BCUT2D eigenvalue weighted by Crippen LogP contribution is -2.26. The normalized spacial score (nSPS) is 22.0. The topological polar surface area (TPSA) is 37.3 Å². The maximum Gasteiger partial charge on any atom is 0.391 e. The molecule has 0 aliphatic heterocycles. The Morgan fingerprint density at radius 1 is 1.38 bits per heavy atom. The Morgan fingerprint density at radius 2 is 1.88 bits per heavy atom. The van der Waals surface area contributed by atoms with Crippen molar-refractivity contribution in [2.75, 3.05) is 0 Å². The van der Waals surface area contributed by atoms with Gasteiger partial charge in [-0.05, 0) is 32.1 Å². The van der Waals surface area contributed by atoms with Gasteiger partial charge in [-0.1, -0.05) is 12.5 Å². The lowest BCUT2D eigenvalue weighted by molar-refractivity contribution is -0.179. The molecule has 2 nitrogen and oxygen atoms in total. The molecule has 0 saturated heterocycles. The molecule has 0 bridgehead atoms. The van der Waals surface area contributed by atoms with Crippen LogP contribution in [0.2, 0.25) is 0 Å². The van der Waals surface area contributed by atoms with E-state index in [4.69, 9.17) is 5.11 Å². The number of hydrogen-bond acceptors (Lipinski definition) is 1. The summed E-state index contributed by atoms with van der Waals surface area (Å²) in [5.74, 6) is -2.26. The van der Waals surface area contributed by atoms with Gasteiger partial charge in [0, 0.05) is 5.57 Å². The first kappa shape index (κ1) is 13.1. The molecule has 1 saturated carbocycles. The van der Waals surface area contributed by atoms with Crippen LogP contribution in [-0.4, -0.2) is 17.3 Å². The van der Waals surface area contributed by atoms with E-state index in [9.17, 15) is 18.0 Å². The fourth-order valence-corrected chi connectivity index (χ4v) is 2.15. The van der Waals surface area contributed by atoms with Gasteiger partial charge in [0.05, 0.1) is 5.92 Å². The first-order chi connectivity index (χ1) is 7.36. The molecule has 1 rings (SSSR count). The van der Waals surface area contributed by atoms with Crippen molar-refractivity contribution >= 4 is 5.97 Å². The molecule has 1 aliphatic carbocycles. The summed E-state index contributed by atoms with van der Waals surface area (Å²) in [5, 5.41) is 8.87. The average molecular weight is 236 g/mol. The highest BCUT2D eigenvalue weighted by molar-refractivity contribution is 5.87. The molecular formula is C11H15F3O2. The highest BCUT2D eigenvalue weighted by Crippen LogP contribution is 2.40. The minimum Gasteiger partial charge on any atom is -0.478 e. The molecule has 0 unspecified atom stereocenters. The van der Waals surface area contributed by atoms with Crippen molar-refractivity contribution in [3.63, 3.8) is 0 Å². The predicted molar refractivity (Wildman–Crippen MR) is 53.0 cm³/mol. The number of carboxylic acids is 1. The number of alkyl halides is 3. The van der Waals surface area contributed by atoms with Crippen molar-refractivity contribution in [2.45, 2.75) is 45.2 Å². The summed E-state index contributed by atoms with van der Waals surface area (Å²) in [6.07, 6.45) is -3.19. The standard InChI is InChI=1S/C11H15F3O2/c1-2-9(10(15)16)7-3-5-8(6-4-7)11(12,13)14/h8H,2-6H2,1H3,(H,15,16). The molecule has 92 valence electrons. The summed E-state index contributed by atoms with van der Waals surface area (Å²) in [6, 6.07) is 0. The van der Waals surface area contributed by atoms with Crippen LogP contribution in [0.3, 0.4) is 0 Å². The number of aliphatic carboxylic acids is 1. The Morgan fingerprint density at radius 3 is 2.19 bits per heavy atom. The Labute approximate surface area is 92.1 Å². The van der Waals surface area contributed by atoms with Crippen LogP contribution in [0, 0.1) is 5.92 Å². The first-order valence-electron chi connectivity index (χ1n) is 5.37. The smallest absolute Gasteiger partial charge is 0.391 e. The molecule has 1 N–H and O–H groups in total. The van der Waals surface area contributed by atoms with E-state index >= 15 is 0 Å². The molecule has 0 aromatic rings. The lowest BCUT2D eigenvalue weighted by Gasteiger charge is -2.26. The van der Waals surface area contributed by atoms with Crippen LogP contribution in [0.25, 0.3) is 0 Å². The van der Waals surface area contributed by atoms with Gasteiger partial charge in [0.15, 0.2) is 0 Å². The minimum atomic E-state index is -4.14. The molecule has 0 radical (unpaired) electrons. The molecule has 0 heterocycles. The second-order valence-electron chi connectivity index (χ2n) is 4.06. The third-order valence-electron chi connectivity index (χ3n) is 3.09. The van der Waals surface area contributed by atoms with Crippen molar-refractivity contribution in [1.29, 1.82) is 0 Å². The van der Waals surface area contributed by atoms with E-state index in [1.807, 2.05) is 0 Å². The van der Waals surface area contributed by atoms with Gasteiger partial charge >= 0.3 is 12.1 Å². The fourth-order valence-electron chi connectivity index (χ4n) is 2.15. The maximum absolute atomic E-state index is 12.4. The van der Waals surface area contributed by atoms with Crippen molar-refractivity contribution in [3.05, 3.63) is 11.1 Å². The van der Waals surface area contributed by atoms with Crippen LogP contribution < -0.4 is 0 Å². The summed E-state index contributed by atoms with van der Waals surface area (Å²) in [5.41, 5.74) is 0.983. The van der Waals surface area contributed by atoms with Crippen molar-refractivity contribution in [1.82, 2.24) is 0 Å². The van der Waals surface area contributed by atoms with E-state index in [2.05, 4.69) is 0 Å². The molecule has 1 aliphatic rings. The summed E-state index contributed by atoms with van der Waals surface area (Å²) >= 11 is 0. The zero-order valence-corrected chi connectivity index (χ0v) is 9.10. The molecule has 0 aromatic heterocycles. The highest BCUT2D eigenvalue weighted by atomic mass is 19.4. The first-order valence-corrected chi connectivity index (χ1v) is 5.37. The average Bonchev–Trinajstić information content (AvgIpc) is 2.17. The van der Waals surface area contributed by atoms with Crippen molar-refractivity contribution in [3.8, 4) is 0 Å². The van der Waals surface area contributed by atoms with Gasteiger partial charge in [-0.15, -0.1) is 0 Å². The predicted octanol–water partition coefficient (Wildman–Crippen LogP) is 3.53. The second kappa shape index (κ2) is 4.89. The van der Waals surface area contributed by atoms with Gasteiger partial charge in [-0.3, -0.25) is 0 Å². The van der Waals surface area contributed by atoms with Gasteiger partial charge in [0.2, 0.25) is 0 Å². The molecule has 0 spiro atoms. The molecule has 1 fully saturated rings. The Balaban J connectivity index is 2.71. The Kier molecular flexibility index (Phi) is 3.99. The second-order valence-corrected chi connectivity index (χ2v) is 4.06. The lowest BCUT2D eigenvalue weighted by atomic mass is 9.83. The Hall–Kier alpha value is -1.00. The van der Waals surface area contributed by atoms with Gasteiger partial charge in [0.25, 0.3) is 0 Å². The minimum absolute atomic E-state index is 0.0234. The monoisotopic (exact) mass is 236 g/mol. The van der Waals surface area contributed by atoms with Gasteiger partial charge < -0.3 is 5.11 Å². The van der Waals surface area contributed by atoms with E-state index in [0.29, 0.717) is 17.6 Å². The van der Waals surface area contributed by atoms with Crippen molar-refractivity contribution in [2.24, 2.45) is 5.92 Å². The van der Waals surface area contributed by atoms with E-state index in [-0.39, 0.29) is 25.7 Å². The van der Waals surface area contributed by atoms with Gasteiger partial charge in [-0.2, -0.15) is 13.2 Å². The fraction of sp³-hybridized carbons (Fsp3) is 0.727. The van der Waals surface area contributed by atoms with E-state index in [1.165, 1.54) is 0 Å². The Bertz CT molecular complexity index is 295. The van der Waals surface area contributed by atoms with Crippen LogP contribution >= 0.6 is 0 Å². The number of carboxylic acid groups (broad SMARTS) is 1. The number of hydrogen-bond donors (Lipinski definition) is 1. The number of carbonyl (C=O) groups is 1. The number of allylic oxidation sites excluding steroid dienone is 1. The van der Waals surface area contributed by atoms with Crippen LogP contribution in [0.1, 0.15) is 39.0 Å².